The van der Waals surface area contributed by atoms with Crippen LogP contribution in [0.15, 0.2) is 18.2 Å². The number of benzene rings is 1. The Kier molecular flexibility index (Phi) is 4.30. The Labute approximate surface area is 115 Å². The summed E-state index contributed by atoms with van der Waals surface area (Å²) in [6.07, 6.45) is 2.91. The fraction of sp³-hybridized carbons (Fsp3) is 0.533. The molecule has 1 saturated heterocycles. The van der Waals surface area contributed by atoms with Crippen LogP contribution in [-0.2, 0) is 4.79 Å². The highest BCUT2D eigenvalue weighted by Crippen LogP contribution is 2.30. The minimum atomic E-state index is 0.0129. The first-order valence-corrected chi connectivity index (χ1v) is 7.04. The van der Waals surface area contributed by atoms with E-state index in [1.54, 1.807) is 0 Å². The number of piperidine rings is 1. The molecule has 1 aliphatic heterocycles. The van der Waals surface area contributed by atoms with Gasteiger partial charge in [-0.25, -0.2) is 0 Å². The summed E-state index contributed by atoms with van der Waals surface area (Å²) in [7, 11) is 0. The lowest BCUT2D eigenvalue weighted by atomic mass is 9.98. The quantitative estimate of drug-likeness (QED) is 0.823. The Morgan fingerprint density at radius 2 is 2.11 bits per heavy atom. The molecule has 1 heterocycles. The van der Waals surface area contributed by atoms with Crippen molar-refractivity contribution in [3.63, 3.8) is 0 Å². The lowest BCUT2D eigenvalue weighted by Crippen LogP contribution is -2.33. The Morgan fingerprint density at radius 1 is 1.42 bits per heavy atom. The predicted octanol–water partition coefficient (Wildman–Crippen LogP) is 2.85. The van der Waals surface area contributed by atoms with E-state index < -0.39 is 0 Å². The molecule has 0 aromatic heterocycles. The van der Waals surface area contributed by atoms with Gasteiger partial charge in [0, 0.05) is 25.2 Å². The van der Waals surface area contributed by atoms with Crippen molar-refractivity contribution in [1.29, 1.82) is 0 Å². The molecular weight excluding hydrogens is 238 g/mol. The molecule has 2 rings (SSSR count). The number of carbonyl (C=O) groups excluding carboxylic acids is 1. The molecule has 1 amide bonds. The van der Waals surface area contributed by atoms with E-state index in [-0.39, 0.29) is 5.91 Å². The molecule has 3 N–H and O–H groups in total. The van der Waals surface area contributed by atoms with Gasteiger partial charge in [-0.05, 0) is 37.0 Å². The van der Waals surface area contributed by atoms with Crippen LogP contribution in [0.4, 0.5) is 17.1 Å². The molecule has 4 nitrogen and oxygen atoms in total. The molecule has 1 aliphatic rings. The Hall–Kier alpha value is -1.71. The van der Waals surface area contributed by atoms with Crippen molar-refractivity contribution in [2.75, 3.05) is 29.0 Å². The summed E-state index contributed by atoms with van der Waals surface area (Å²) in [6, 6.07) is 5.79. The summed E-state index contributed by atoms with van der Waals surface area (Å²) in [5.41, 5.74) is 8.71. The summed E-state index contributed by atoms with van der Waals surface area (Å²) >= 11 is 0. The van der Waals surface area contributed by atoms with Crippen LogP contribution in [0.25, 0.3) is 0 Å². The molecule has 0 atom stereocenters. The first-order valence-electron chi connectivity index (χ1n) is 7.04. The molecule has 0 bridgehead atoms. The monoisotopic (exact) mass is 261 g/mol. The molecule has 104 valence electrons. The Bertz CT molecular complexity index is 451. The number of anilines is 3. The molecule has 4 heteroatoms. The van der Waals surface area contributed by atoms with E-state index in [9.17, 15) is 4.79 Å². The first kappa shape index (κ1) is 13.7. The van der Waals surface area contributed by atoms with Gasteiger partial charge < -0.3 is 16.0 Å². The van der Waals surface area contributed by atoms with Crippen molar-refractivity contribution >= 4 is 23.0 Å². The molecule has 0 radical (unpaired) electrons. The lowest BCUT2D eigenvalue weighted by molar-refractivity contribution is -0.115. The van der Waals surface area contributed by atoms with Crippen LogP contribution in [0.5, 0.6) is 0 Å². The third kappa shape index (κ3) is 3.40. The zero-order chi connectivity index (χ0) is 13.8. The number of amides is 1. The largest absolute Gasteiger partial charge is 0.397 e. The van der Waals surface area contributed by atoms with E-state index in [4.69, 9.17) is 5.73 Å². The second-order valence-electron chi connectivity index (χ2n) is 5.34. The molecule has 0 saturated carbocycles. The van der Waals surface area contributed by atoms with Crippen molar-refractivity contribution in [1.82, 2.24) is 0 Å². The summed E-state index contributed by atoms with van der Waals surface area (Å²) in [4.78, 5) is 13.7. The number of hydrogen-bond acceptors (Lipinski definition) is 3. The lowest BCUT2D eigenvalue weighted by Gasteiger charge is -2.33. The van der Waals surface area contributed by atoms with Gasteiger partial charge in [0.2, 0.25) is 5.91 Å². The second kappa shape index (κ2) is 5.95. The number of rotatable bonds is 3. The van der Waals surface area contributed by atoms with Crippen LogP contribution in [0.1, 0.15) is 33.1 Å². The summed E-state index contributed by atoms with van der Waals surface area (Å²) in [6.45, 7) is 6.25. The third-order valence-electron chi connectivity index (χ3n) is 3.76. The average molecular weight is 261 g/mol. The maximum absolute atomic E-state index is 11.4. The van der Waals surface area contributed by atoms with Crippen molar-refractivity contribution in [2.24, 2.45) is 5.92 Å². The third-order valence-corrected chi connectivity index (χ3v) is 3.76. The van der Waals surface area contributed by atoms with Crippen LogP contribution >= 0.6 is 0 Å². The topological polar surface area (TPSA) is 58.4 Å². The molecule has 19 heavy (non-hydrogen) atoms. The van der Waals surface area contributed by atoms with Gasteiger partial charge in [-0.3, -0.25) is 4.79 Å². The number of nitrogens with one attached hydrogen (secondary N) is 1. The molecular formula is C15H23N3O. The average Bonchev–Trinajstić information content (AvgIpc) is 2.40. The fourth-order valence-electron chi connectivity index (χ4n) is 2.42. The molecule has 0 aliphatic carbocycles. The number of hydrogen-bond donors (Lipinski definition) is 2. The highest BCUT2D eigenvalue weighted by atomic mass is 16.1. The van der Waals surface area contributed by atoms with Crippen LogP contribution in [0, 0.1) is 5.92 Å². The minimum Gasteiger partial charge on any atom is -0.397 e. The molecule has 0 spiro atoms. The predicted molar refractivity (Wildman–Crippen MR) is 80.4 cm³/mol. The number of nitrogens with zero attached hydrogens (tertiary/aromatic N) is 1. The van der Waals surface area contributed by atoms with Gasteiger partial charge in [-0.1, -0.05) is 13.8 Å². The Morgan fingerprint density at radius 3 is 2.68 bits per heavy atom. The Balaban J connectivity index is 2.08. The van der Waals surface area contributed by atoms with E-state index in [1.165, 1.54) is 12.8 Å². The number of nitrogen functional groups attached to an aromatic ring is 1. The van der Waals surface area contributed by atoms with Gasteiger partial charge in [0.1, 0.15) is 0 Å². The van der Waals surface area contributed by atoms with Crippen molar-refractivity contribution in [3.8, 4) is 0 Å². The number of nitrogens with two attached hydrogens (primary N) is 1. The van der Waals surface area contributed by atoms with E-state index in [2.05, 4.69) is 17.1 Å². The smallest absolute Gasteiger partial charge is 0.224 e. The van der Waals surface area contributed by atoms with Crippen molar-refractivity contribution in [3.05, 3.63) is 18.2 Å². The SMILES string of the molecule is CCC(=O)Nc1ccc(N2CCC(C)CC2)c(N)c1. The molecule has 1 aromatic carbocycles. The van der Waals surface area contributed by atoms with Crippen molar-refractivity contribution < 1.29 is 4.79 Å². The maximum Gasteiger partial charge on any atom is 0.224 e. The van der Waals surface area contributed by atoms with E-state index in [0.29, 0.717) is 6.42 Å². The zero-order valence-electron chi connectivity index (χ0n) is 11.8. The standard InChI is InChI=1S/C15H23N3O/c1-3-15(19)17-12-4-5-14(13(16)10-12)18-8-6-11(2)7-9-18/h4-5,10-11H,3,6-9,16H2,1-2H3,(H,17,19). The number of carbonyl (C=O) groups is 1. The maximum atomic E-state index is 11.4. The van der Waals surface area contributed by atoms with Gasteiger partial charge >= 0.3 is 0 Å². The van der Waals surface area contributed by atoms with Gasteiger partial charge in [0.15, 0.2) is 0 Å². The molecule has 0 unspecified atom stereocenters. The van der Waals surface area contributed by atoms with Gasteiger partial charge in [-0.15, -0.1) is 0 Å². The minimum absolute atomic E-state index is 0.0129. The van der Waals surface area contributed by atoms with Crippen LogP contribution in [-0.4, -0.2) is 19.0 Å². The molecule has 1 aromatic rings. The van der Waals surface area contributed by atoms with E-state index >= 15 is 0 Å². The highest BCUT2D eigenvalue weighted by Gasteiger charge is 2.17. The van der Waals surface area contributed by atoms with Gasteiger partial charge in [0.05, 0.1) is 11.4 Å². The second-order valence-corrected chi connectivity index (χ2v) is 5.34. The molecule has 1 fully saturated rings. The van der Waals surface area contributed by atoms with Crippen molar-refractivity contribution in [2.45, 2.75) is 33.1 Å². The van der Waals surface area contributed by atoms with E-state index in [1.807, 2.05) is 25.1 Å². The van der Waals surface area contributed by atoms with E-state index in [0.717, 1.165) is 36.1 Å². The van der Waals surface area contributed by atoms with Gasteiger partial charge in [0.25, 0.3) is 0 Å². The highest BCUT2D eigenvalue weighted by molar-refractivity contribution is 5.91. The normalized spacial score (nSPS) is 16.4. The summed E-state index contributed by atoms with van der Waals surface area (Å²) < 4.78 is 0. The summed E-state index contributed by atoms with van der Waals surface area (Å²) in [5.74, 6) is 0.819. The van der Waals surface area contributed by atoms with Gasteiger partial charge in [-0.2, -0.15) is 0 Å². The zero-order valence-corrected chi connectivity index (χ0v) is 11.8. The van der Waals surface area contributed by atoms with Crippen LogP contribution in [0.2, 0.25) is 0 Å². The first-order chi connectivity index (χ1) is 9.10. The van der Waals surface area contributed by atoms with Crippen LogP contribution in [0.3, 0.4) is 0 Å². The summed E-state index contributed by atoms with van der Waals surface area (Å²) in [5, 5.41) is 2.83. The van der Waals surface area contributed by atoms with Crippen LogP contribution < -0.4 is 16.0 Å². The fourth-order valence-corrected chi connectivity index (χ4v) is 2.42.